The van der Waals surface area contributed by atoms with Gasteiger partial charge in [-0.1, -0.05) is 34.1 Å². The van der Waals surface area contributed by atoms with Gasteiger partial charge >= 0.3 is 0 Å². The van der Waals surface area contributed by atoms with Gasteiger partial charge in [0.15, 0.2) is 0 Å². The van der Waals surface area contributed by atoms with Crippen molar-refractivity contribution >= 4 is 39.6 Å². The number of carbonyl (C=O) groups excluding carboxylic acids is 4. The summed E-state index contributed by atoms with van der Waals surface area (Å²) in [6.07, 6.45) is 1.22. The van der Waals surface area contributed by atoms with Crippen LogP contribution in [0.3, 0.4) is 0 Å². The lowest BCUT2D eigenvalue weighted by Gasteiger charge is -2.29. The fourth-order valence-corrected chi connectivity index (χ4v) is 4.03. The van der Waals surface area contributed by atoms with Gasteiger partial charge in [0, 0.05) is 35.1 Å². The number of nitrogens with zero attached hydrogens (tertiary/aromatic N) is 1. The van der Waals surface area contributed by atoms with Crippen LogP contribution in [0.1, 0.15) is 44.7 Å². The Bertz CT molecular complexity index is 1040. The number of rotatable bonds is 5. The Morgan fingerprint density at radius 2 is 1.90 bits per heavy atom. The minimum absolute atomic E-state index is 0.211. The highest BCUT2D eigenvalue weighted by Crippen LogP contribution is 2.28. The second kappa shape index (κ2) is 8.39. The third kappa shape index (κ3) is 4.14. The maximum Gasteiger partial charge on any atom is 0.255 e. The number of halogens is 1. The van der Waals surface area contributed by atoms with Crippen molar-refractivity contribution in [3.8, 4) is 0 Å². The van der Waals surface area contributed by atoms with Gasteiger partial charge in [-0.3, -0.25) is 24.5 Å². The van der Waals surface area contributed by atoms with E-state index in [4.69, 9.17) is 0 Å². The first-order valence-electron chi connectivity index (χ1n) is 9.72. The second-order valence-corrected chi connectivity index (χ2v) is 8.32. The van der Waals surface area contributed by atoms with Crippen LogP contribution in [0.5, 0.6) is 0 Å². The van der Waals surface area contributed by atoms with Gasteiger partial charge < -0.3 is 10.2 Å². The molecule has 0 spiro atoms. The van der Waals surface area contributed by atoms with Gasteiger partial charge in [0.1, 0.15) is 6.04 Å². The number of imide groups is 1. The van der Waals surface area contributed by atoms with Crippen LogP contribution in [-0.4, -0.2) is 41.1 Å². The van der Waals surface area contributed by atoms with Crippen molar-refractivity contribution in [3.05, 3.63) is 69.2 Å². The Labute approximate surface area is 181 Å². The van der Waals surface area contributed by atoms with Crippen molar-refractivity contribution in [1.82, 2.24) is 15.5 Å². The van der Waals surface area contributed by atoms with Crippen molar-refractivity contribution in [2.75, 3.05) is 6.54 Å². The van der Waals surface area contributed by atoms with Gasteiger partial charge in [-0.05, 0) is 48.2 Å². The average molecular weight is 470 g/mol. The molecule has 2 N–H and O–H groups in total. The minimum atomic E-state index is -0.661. The van der Waals surface area contributed by atoms with E-state index in [1.807, 2.05) is 24.3 Å². The summed E-state index contributed by atoms with van der Waals surface area (Å²) in [5, 5.41) is 5.16. The number of piperidine rings is 1. The fourth-order valence-electron chi connectivity index (χ4n) is 3.77. The van der Waals surface area contributed by atoms with Crippen LogP contribution >= 0.6 is 15.9 Å². The van der Waals surface area contributed by atoms with E-state index in [2.05, 4.69) is 26.6 Å². The van der Waals surface area contributed by atoms with Crippen LogP contribution in [0.4, 0.5) is 0 Å². The summed E-state index contributed by atoms with van der Waals surface area (Å²) < 4.78 is 1.00. The van der Waals surface area contributed by atoms with Crippen LogP contribution in [0.15, 0.2) is 46.9 Å². The first-order valence-corrected chi connectivity index (χ1v) is 10.5. The SMILES string of the molecule is O=C1CCC(N2Cc3ccc(C(=O)NCCc4ccc(Br)cc4)cc3C2=O)C(=O)N1. The molecule has 1 saturated heterocycles. The fraction of sp³-hybridized carbons (Fsp3) is 0.273. The molecule has 30 heavy (non-hydrogen) atoms. The smallest absolute Gasteiger partial charge is 0.255 e. The highest BCUT2D eigenvalue weighted by molar-refractivity contribution is 9.10. The number of carbonyl (C=O) groups is 4. The molecule has 4 rings (SSSR count). The number of benzene rings is 2. The molecule has 7 nitrogen and oxygen atoms in total. The molecule has 1 unspecified atom stereocenters. The van der Waals surface area contributed by atoms with E-state index in [-0.39, 0.29) is 24.1 Å². The van der Waals surface area contributed by atoms with Crippen LogP contribution in [-0.2, 0) is 22.6 Å². The van der Waals surface area contributed by atoms with Crippen molar-refractivity contribution in [2.24, 2.45) is 0 Å². The Kier molecular flexibility index (Phi) is 5.67. The maximum atomic E-state index is 12.8. The van der Waals surface area contributed by atoms with Gasteiger partial charge in [0.05, 0.1) is 0 Å². The monoisotopic (exact) mass is 469 g/mol. The molecule has 2 heterocycles. The zero-order valence-electron chi connectivity index (χ0n) is 16.1. The molecule has 0 bridgehead atoms. The van der Waals surface area contributed by atoms with Crippen LogP contribution in [0.2, 0.25) is 0 Å². The lowest BCUT2D eigenvalue weighted by molar-refractivity contribution is -0.136. The van der Waals surface area contributed by atoms with E-state index in [1.165, 1.54) is 4.90 Å². The Balaban J connectivity index is 1.40. The van der Waals surface area contributed by atoms with E-state index in [1.54, 1.807) is 18.2 Å². The van der Waals surface area contributed by atoms with Crippen molar-refractivity contribution in [2.45, 2.75) is 31.8 Å². The summed E-state index contributed by atoms with van der Waals surface area (Å²) >= 11 is 3.39. The number of nitrogens with one attached hydrogen (secondary N) is 2. The maximum absolute atomic E-state index is 12.8. The Morgan fingerprint density at radius 1 is 1.13 bits per heavy atom. The third-order valence-corrected chi connectivity index (χ3v) is 5.93. The summed E-state index contributed by atoms with van der Waals surface area (Å²) in [6.45, 7) is 0.778. The molecule has 2 aromatic carbocycles. The van der Waals surface area contributed by atoms with Crippen LogP contribution in [0, 0.1) is 0 Å². The normalized spacial score (nSPS) is 18.2. The van der Waals surface area contributed by atoms with E-state index < -0.39 is 11.9 Å². The van der Waals surface area contributed by atoms with Gasteiger partial charge in [-0.25, -0.2) is 0 Å². The summed E-state index contributed by atoms with van der Waals surface area (Å²) in [7, 11) is 0. The number of amides is 4. The summed E-state index contributed by atoms with van der Waals surface area (Å²) in [5.74, 6) is -1.30. The summed E-state index contributed by atoms with van der Waals surface area (Å²) in [4.78, 5) is 50.3. The first-order chi connectivity index (χ1) is 14.4. The third-order valence-electron chi connectivity index (χ3n) is 5.40. The van der Waals surface area contributed by atoms with Crippen LogP contribution in [0.25, 0.3) is 0 Å². The van der Waals surface area contributed by atoms with Crippen molar-refractivity contribution < 1.29 is 19.2 Å². The lowest BCUT2D eigenvalue weighted by atomic mass is 10.0. The molecule has 0 saturated carbocycles. The number of fused-ring (bicyclic) bond motifs is 1. The number of hydrogen-bond donors (Lipinski definition) is 2. The highest BCUT2D eigenvalue weighted by atomic mass is 79.9. The molecule has 4 amide bonds. The van der Waals surface area contributed by atoms with Gasteiger partial charge in [-0.15, -0.1) is 0 Å². The molecule has 0 radical (unpaired) electrons. The lowest BCUT2D eigenvalue weighted by Crippen LogP contribution is -2.52. The zero-order chi connectivity index (χ0) is 21.3. The van der Waals surface area contributed by atoms with Crippen LogP contribution < -0.4 is 10.6 Å². The molecule has 154 valence electrons. The topological polar surface area (TPSA) is 95.6 Å². The van der Waals surface area contributed by atoms with Crippen molar-refractivity contribution in [3.63, 3.8) is 0 Å². The van der Waals surface area contributed by atoms with E-state index >= 15 is 0 Å². The molecule has 2 aromatic rings. The second-order valence-electron chi connectivity index (χ2n) is 7.40. The molecule has 1 fully saturated rings. The first kappa shape index (κ1) is 20.3. The summed E-state index contributed by atoms with van der Waals surface area (Å²) in [6, 6.07) is 12.3. The molecular weight excluding hydrogens is 450 g/mol. The molecule has 2 aliphatic heterocycles. The van der Waals surface area contributed by atoms with E-state index in [9.17, 15) is 19.2 Å². The predicted octanol–water partition coefficient (Wildman–Crippen LogP) is 2.18. The van der Waals surface area contributed by atoms with Gasteiger partial charge in [-0.2, -0.15) is 0 Å². The average Bonchev–Trinajstić information content (AvgIpc) is 3.05. The van der Waals surface area contributed by atoms with Gasteiger partial charge in [0.25, 0.3) is 11.8 Å². The molecule has 0 aliphatic carbocycles. The van der Waals surface area contributed by atoms with E-state index in [0.29, 0.717) is 37.1 Å². The molecule has 0 aromatic heterocycles. The van der Waals surface area contributed by atoms with Crippen molar-refractivity contribution in [1.29, 1.82) is 0 Å². The largest absolute Gasteiger partial charge is 0.352 e. The minimum Gasteiger partial charge on any atom is -0.352 e. The van der Waals surface area contributed by atoms with E-state index in [0.717, 1.165) is 15.6 Å². The predicted molar refractivity (Wildman–Crippen MR) is 113 cm³/mol. The molecule has 1 atom stereocenters. The zero-order valence-corrected chi connectivity index (χ0v) is 17.7. The summed E-state index contributed by atoms with van der Waals surface area (Å²) in [5.41, 5.74) is 2.72. The Morgan fingerprint density at radius 3 is 2.63 bits per heavy atom. The molecule has 2 aliphatic rings. The molecular formula is C22H20BrN3O4. The molecule has 8 heteroatoms. The highest BCUT2D eigenvalue weighted by Gasteiger charge is 2.39. The standard InChI is InChI=1S/C22H20BrN3O4/c23-16-5-1-13(2-6-16)9-10-24-20(28)14-3-4-15-12-26(22(30)17(15)11-14)18-7-8-19(27)25-21(18)29/h1-6,11,18H,7-10,12H2,(H,24,28)(H,25,27,29). The van der Waals surface area contributed by atoms with Gasteiger partial charge in [0.2, 0.25) is 11.8 Å². The quantitative estimate of drug-likeness (QED) is 0.655. The number of hydrogen-bond acceptors (Lipinski definition) is 4. The Hall–Kier alpha value is -3.00.